The lowest BCUT2D eigenvalue weighted by Gasteiger charge is -2.27. The molecule has 0 heterocycles. The minimum absolute atomic E-state index is 0.0914. The molecule has 0 saturated heterocycles. The van der Waals surface area contributed by atoms with Gasteiger partial charge in [-0.1, -0.05) is 0 Å². The molecule has 0 N–H and O–H groups in total. The van der Waals surface area contributed by atoms with Crippen LogP contribution in [-0.2, 0) is 0 Å². The Morgan fingerprint density at radius 3 is 2.60 bits per heavy atom. The Kier molecular flexibility index (Phi) is 2.55. The molecule has 0 aromatic carbocycles. The van der Waals surface area contributed by atoms with Crippen molar-refractivity contribution in [3.8, 4) is 0 Å². The maximum atomic E-state index is 12.6. The van der Waals surface area contributed by atoms with E-state index in [2.05, 4.69) is 0 Å². The van der Waals surface area contributed by atoms with Crippen molar-refractivity contribution in [2.24, 2.45) is 0 Å². The van der Waals surface area contributed by atoms with Gasteiger partial charge in [0.1, 0.15) is 0 Å². The summed E-state index contributed by atoms with van der Waals surface area (Å²) in [4.78, 5) is 0. The second-order valence-electron chi connectivity index (χ2n) is 2.81. The van der Waals surface area contributed by atoms with Crippen molar-refractivity contribution < 1.29 is 8.78 Å². The van der Waals surface area contributed by atoms with Crippen LogP contribution in [0.15, 0.2) is 0 Å². The zero-order chi connectivity index (χ0) is 7.61. The summed E-state index contributed by atoms with van der Waals surface area (Å²) in [6, 6.07) is 0. The van der Waals surface area contributed by atoms with E-state index in [-0.39, 0.29) is 18.1 Å². The van der Waals surface area contributed by atoms with Crippen LogP contribution in [0.4, 0.5) is 8.78 Å². The van der Waals surface area contributed by atoms with Gasteiger partial charge in [0.15, 0.2) is 0 Å². The van der Waals surface area contributed by atoms with Crippen LogP contribution in [0.25, 0.3) is 0 Å². The van der Waals surface area contributed by atoms with Crippen LogP contribution in [0.2, 0.25) is 0 Å². The summed E-state index contributed by atoms with van der Waals surface area (Å²) in [6.07, 6.45) is 3.76. The highest BCUT2D eigenvalue weighted by atomic mass is 32.2. The van der Waals surface area contributed by atoms with E-state index in [1.807, 2.05) is 6.26 Å². The van der Waals surface area contributed by atoms with E-state index in [4.69, 9.17) is 0 Å². The topological polar surface area (TPSA) is 0 Å². The van der Waals surface area contributed by atoms with Crippen LogP contribution < -0.4 is 0 Å². The molecule has 1 saturated carbocycles. The normalized spacial score (nSPS) is 32.1. The molecule has 1 unspecified atom stereocenters. The summed E-state index contributed by atoms with van der Waals surface area (Å²) in [6.45, 7) is 0. The molecule has 1 atom stereocenters. The minimum atomic E-state index is -2.37. The molecule has 10 heavy (non-hydrogen) atoms. The first-order valence-corrected chi connectivity index (χ1v) is 4.83. The van der Waals surface area contributed by atoms with Gasteiger partial charge in [-0.25, -0.2) is 8.78 Å². The van der Waals surface area contributed by atoms with E-state index in [1.54, 1.807) is 11.8 Å². The highest BCUT2D eigenvalue weighted by Gasteiger charge is 2.35. The highest BCUT2D eigenvalue weighted by Crippen LogP contribution is 2.37. The lowest BCUT2D eigenvalue weighted by molar-refractivity contribution is -0.0314. The van der Waals surface area contributed by atoms with E-state index in [0.29, 0.717) is 6.42 Å². The monoisotopic (exact) mass is 166 g/mol. The third-order valence-electron chi connectivity index (χ3n) is 1.93. The third kappa shape index (κ3) is 2.11. The van der Waals surface area contributed by atoms with Crippen LogP contribution in [0.3, 0.4) is 0 Å². The van der Waals surface area contributed by atoms with E-state index in [9.17, 15) is 8.78 Å². The minimum Gasteiger partial charge on any atom is -0.207 e. The van der Waals surface area contributed by atoms with Gasteiger partial charge in [0, 0.05) is 18.1 Å². The smallest absolute Gasteiger partial charge is 0.207 e. The van der Waals surface area contributed by atoms with Gasteiger partial charge < -0.3 is 0 Å². The van der Waals surface area contributed by atoms with Gasteiger partial charge in [-0.2, -0.15) is 11.8 Å². The molecule has 1 rings (SSSR count). The Balaban J connectivity index is 2.40. The highest BCUT2D eigenvalue weighted by molar-refractivity contribution is 7.99. The van der Waals surface area contributed by atoms with Crippen molar-refractivity contribution in [2.45, 2.75) is 36.9 Å². The standard InChI is InChI=1S/C7H12F2S/c1-10-6-3-2-4-7(8,9)5-6/h6H,2-5H2,1H3. The second-order valence-corrected chi connectivity index (χ2v) is 3.95. The van der Waals surface area contributed by atoms with E-state index in [1.165, 1.54) is 0 Å². The third-order valence-corrected chi connectivity index (χ3v) is 3.00. The number of hydrogen-bond acceptors (Lipinski definition) is 1. The van der Waals surface area contributed by atoms with Gasteiger partial charge in [0.25, 0.3) is 0 Å². The Hall–Kier alpha value is 0.210. The number of halogens is 2. The summed E-state index contributed by atoms with van der Waals surface area (Å²) in [7, 11) is 0. The SMILES string of the molecule is CSC1CCCC(F)(F)C1. The van der Waals surface area contributed by atoms with Crippen molar-refractivity contribution >= 4 is 11.8 Å². The number of thioether (sulfide) groups is 1. The quantitative estimate of drug-likeness (QED) is 0.577. The average molecular weight is 166 g/mol. The molecule has 0 amide bonds. The molecule has 0 radical (unpaired) electrons. The zero-order valence-corrected chi connectivity index (χ0v) is 6.89. The molecular formula is C7H12F2S. The first-order valence-electron chi connectivity index (χ1n) is 3.55. The van der Waals surface area contributed by atoms with Crippen LogP contribution in [-0.4, -0.2) is 17.4 Å². The Morgan fingerprint density at radius 2 is 2.20 bits per heavy atom. The number of hydrogen-bond donors (Lipinski definition) is 0. The molecule has 1 fully saturated rings. The maximum Gasteiger partial charge on any atom is 0.249 e. The van der Waals surface area contributed by atoms with Gasteiger partial charge >= 0.3 is 0 Å². The van der Waals surface area contributed by atoms with Gasteiger partial charge in [-0.15, -0.1) is 0 Å². The number of rotatable bonds is 1. The fourth-order valence-electron chi connectivity index (χ4n) is 1.33. The van der Waals surface area contributed by atoms with E-state index < -0.39 is 5.92 Å². The average Bonchev–Trinajstić information content (AvgIpc) is 1.86. The molecule has 0 bridgehead atoms. The maximum absolute atomic E-state index is 12.6. The van der Waals surface area contributed by atoms with Crippen LogP contribution >= 0.6 is 11.8 Å². The summed E-state index contributed by atoms with van der Waals surface area (Å²) >= 11 is 1.57. The molecule has 0 aromatic rings. The molecule has 0 spiro atoms. The molecule has 1 aliphatic rings. The fraction of sp³-hybridized carbons (Fsp3) is 1.00. The Labute approximate surface area is 64.4 Å². The molecule has 0 aromatic heterocycles. The molecule has 3 heteroatoms. The van der Waals surface area contributed by atoms with Crippen molar-refractivity contribution in [3.63, 3.8) is 0 Å². The van der Waals surface area contributed by atoms with Crippen LogP contribution in [0, 0.1) is 0 Å². The first-order chi connectivity index (χ1) is 4.64. The molecule has 1 aliphatic carbocycles. The zero-order valence-electron chi connectivity index (χ0n) is 6.07. The largest absolute Gasteiger partial charge is 0.249 e. The van der Waals surface area contributed by atoms with Crippen LogP contribution in [0.1, 0.15) is 25.7 Å². The van der Waals surface area contributed by atoms with E-state index in [0.717, 1.165) is 6.42 Å². The molecule has 0 aliphatic heterocycles. The first kappa shape index (κ1) is 8.31. The predicted molar refractivity (Wildman–Crippen MR) is 40.7 cm³/mol. The van der Waals surface area contributed by atoms with Gasteiger partial charge in [0.2, 0.25) is 5.92 Å². The van der Waals surface area contributed by atoms with Crippen LogP contribution in [0.5, 0.6) is 0 Å². The summed E-state index contributed by atoms with van der Waals surface area (Å²) in [5.74, 6) is -2.37. The lowest BCUT2D eigenvalue weighted by Crippen LogP contribution is -2.27. The summed E-state index contributed by atoms with van der Waals surface area (Å²) < 4.78 is 25.3. The number of alkyl halides is 2. The molecule has 0 nitrogen and oxygen atoms in total. The summed E-state index contributed by atoms with van der Waals surface area (Å²) in [5.41, 5.74) is 0. The second kappa shape index (κ2) is 3.07. The van der Waals surface area contributed by atoms with Gasteiger partial charge in [0.05, 0.1) is 0 Å². The van der Waals surface area contributed by atoms with Crippen molar-refractivity contribution in [1.29, 1.82) is 0 Å². The van der Waals surface area contributed by atoms with Crippen molar-refractivity contribution in [2.75, 3.05) is 6.26 Å². The van der Waals surface area contributed by atoms with Crippen molar-refractivity contribution in [1.82, 2.24) is 0 Å². The predicted octanol–water partition coefficient (Wildman–Crippen LogP) is 2.93. The lowest BCUT2D eigenvalue weighted by atomic mass is 9.96. The Morgan fingerprint density at radius 1 is 1.50 bits per heavy atom. The van der Waals surface area contributed by atoms with E-state index >= 15 is 0 Å². The van der Waals surface area contributed by atoms with Gasteiger partial charge in [-0.3, -0.25) is 0 Å². The van der Waals surface area contributed by atoms with Gasteiger partial charge in [-0.05, 0) is 19.1 Å². The summed E-state index contributed by atoms with van der Waals surface area (Å²) in [5, 5.41) is 0.198. The van der Waals surface area contributed by atoms with Crippen molar-refractivity contribution in [3.05, 3.63) is 0 Å². The molecule has 60 valence electrons. The fourth-order valence-corrected chi connectivity index (χ4v) is 2.14. The Bertz CT molecular complexity index is 114. The molecular weight excluding hydrogens is 154 g/mol.